The van der Waals surface area contributed by atoms with Crippen LogP contribution in [0.25, 0.3) is 75.8 Å². The summed E-state index contributed by atoms with van der Waals surface area (Å²) in [5.41, 5.74) is 10.9. The third kappa shape index (κ3) is 5.08. The molecular weight excluding hydrogens is 641 g/mol. The molecule has 0 saturated carbocycles. The summed E-state index contributed by atoms with van der Waals surface area (Å²) in [5.74, 6) is 0.659. The van der Waals surface area contributed by atoms with Gasteiger partial charge in [-0.05, 0) is 88.3 Å². The van der Waals surface area contributed by atoms with Gasteiger partial charge in [0.1, 0.15) is 5.52 Å². The first-order chi connectivity index (χ1) is 25.3. The van der Waals surface area contributed by atoms with Crippen molar-refractivity contribution in [2.24, 2.45) is 0 Å². The van der Waals surface area contributed by atoms with Crippen LogP contribution in [0, 0.1) is 0 Å². The smallest absolute Gasteiger partial charge is 0.227 e. The number of rotatable bonds is 6. The second-order valence-electron chi connectivity index (χ2n) is 12.7. The molecule has 10 rings (SSSR count). The largest absolute Gasteiger partial charge is 0.436 e. The van der Waals surface area contributed by atoms with Crippen LogP contribution in [0.5, 0.6) is 0 Å². The number of benzene rings is 8. The summed E-state index contributed by atoms with van der Waals surface area (Å²) in [4.78, 5) is 7.16. The van der Waals surface area contributed by atoms with Gasteiger partial charge in [-0.15, -0.1) is 11.3 Å². The average molecular weight is 671 g/mol. The third-order valence-electron chi connectivity index (χ3n) is 9.73. The van der Waals surface area contributed by atoms with Gasteiger partial charge < -0.3 is 9.32 Å². The maximum absolute atomic E-state index is 6.24. The van der Waals surface area contributed by atoms with Crippen LogP contribution in [-0.4, -0.2) is 4.98 Å². The molecule has 0 amide bonds. The molecule has 2 aromatic heterocycles. The average Bonchev–Trinajstić information content (AvgIpc) is 3.82. The number of hydrogen-bond donors (Lipinski definition) is 0. The highest BCUT2D eigenvalue weighted by molar-refractivity contribution is 7.26. The molecule has 0 spiro atoms. The van der Waals surface area contributed by atoms with E-state index in [1.807, 2.05) is 35.6 Å². The van der Waals surface area contributed by atoms with Gasteiger partial charge in [-0.2, -0.15) is 0 Å². The Morgan fingerprint density at radius 2 is 1.04 bits per heavy atom. The van der Waals surface area contributed by atoms with E-state index in [-0.39, 0.29) is 0 Å². The van der Waals surface area contributed by atoms with E-state index in [0.717, 1.165) is 33.7 Å². The molecule has 51 heavy (non-hydrogen) atoms. The van der Waals surface area contributed by atoms with Crippen molar-refractivity contribution in [1.29, 1.82) is 0 Å². The lowest BCUT2D eigenvalue weighted by Crippen LogP contribution is -2.09. The highest BCUT2D eigenvalue weighted by Crippen LogP contribution is 2.45. The zero-order chi connectivity index (χ0) is 33.7. The first-order valence-corrected chi connectivity index (χ1v) is 17.9. The van der Waals surface area contributed by atoms with Gasteiger partial charge in [0.25, 0.3) is 0 Å². The molecule has 3 nitrogen and oxygen atoms in total. The highest BCUT2D eigenvalue weighted by atomic mass is 32.1. The second-order valence-corrected chi connectivity index (χ2v) is 13.8. The molecule has 0 aliphatic carbocycles. The minimum atomic E-state index is 0.659. The number of oxazole rings is 1. The van der Waals surface area contributed by atoms with Gasteiger partial charge in [-0.25, -0.2) is 4.98 Å². The molecule has 2 heterocycles. The summed E-state index contributed by atoms with van der Waals surface area (Å²) < 4.78 is 8.74. The van der Waals surface area contributed by atoms with E-state index >= 15 is 0 Å². The van der Waals surface area contributed by atoms with Gasteiger partial charge in [-0.1, -0.05) is 121 Å². The lowest BCUT2D eigenvalue weighted by atomic mass is 9.96. The van der Waals surface area contributed by atoms with Gasteiger partial charge >= 0.3 is 0 Å². The quantitative estimate of drug-likeness (QED) is 0.176. The number of hydrogen-bond acceptors (Lipinski definition) is 4. The van der Waals surface area contributed by atoms with Crippen LogP contribution in [0.2, 0.25) is 0 Å². The van der Waals surface area contributed by atoms with Crippen molar-refractivity contribution in [3.05, 3.63) is 182 Å². The Kier molecular flexibility index (Phi) is 7.00. The van der Waals surface area contributed by atoms with Crippen LogP contribution >= 0.6 is 11.3 Å². The summed E-state index contributed by atoms with van der Waals surface area (Å²) >= 11 is 1.84. The molecule has 0 fully saturated rings. The van der Waals surface area contributed by atoms with Crippen LogP contribution in [0.3, 0.4) is 0 Å². The zero-order valence-corrected chi connectivity index (χ0v) is 28.3. The molecule has 8 aromatic carbocycles. The molecule has 0 atom stereocenters. The summed E-state index contributed by atoms with van der Waals surface area (Å²) in [6.07, 6.45) is 0. The minimum absolute atomic E-state index is 0.659. The van der Waals surface area contributed by atoms with Gasteiger partial charge in [0.15, 0.2) is 5.58 Å². The standard InChI is InChI=1S/C47H30N2OS/c1-3-11-31(12-4-1)32-21-25-35(26-22-32)49(34-13-5-2-6-14-34)36-27-23-33(24-28-36)37-15-9-16-39-38(37)29-30-40-45-41(17-10-20-44(45)51-46(39)40)47-48-42-18-7-8-19-43(42)50-47/h1-30H. The van der Waals surface area contributed by atoms with Gasteiger partial charge in [0.2, 0.25) is 5.89 Å². The fraction of sp³-hybridized carbons (Fsp3) is 0. The van der Waals surface area contributed by atoms with Crippen LogP contribution < -0.4 is 4.90 Å². The Bertz CT molecular complexity index is 2800. The van der Waals surface area contributed by atoms with Gasteiger partial charge in [-0.3, -0.25) is 0 Å². The fourth-order valence-corrected chi connectivity index (χ4v) is 8.56. The zero-order valence-electron chi connectivity index (χ0n) is 27.5. The van der Waals surface area contributed by atoms with E-state index in [4.69, 9.17) is 9.40 Å². The Morgan fingerprint density at radius 3 is 1.80 bits per heavy atom. The van der Waals surface area contributed by atoms with E-state index in [0.29, 0.717) is 5.89 Å². The maximum Gasteiger partial charge on any atom is 0.227 e. The molecule has 0 saturated heterocycles. The molecule has 0 N–H and O–H groups in total. The van der Waals surface area contributed by atoms with Crippen LogP contribution in [0.1, 0.15) is 0 Å². The van der Waals surface area contributed by atoms with Gasteiger partial charge in [0.05, 0.1) is 0 Å². The molecule has 0 unspecified atom stereocenters. The van der Waals surface area contributed by atoms with E-state index in [1.165, 1.54) is 53.2 Å². The Balaban J connectivity index is 1.05. The lowest BCUT2D eigenvalue weighted by Gasteiger charge is -2.26. The molecule has 240 valence electrons. The Labute approximate surface area is 299 Å². The first-order valence-electron chi connectivity index (χ1n) is 17.1. The number of para-hydroxylation sites is 3. The fourth-order valence-electron chi connectivity index (χ4n) is 7.31. The molecule has 4 heteroatoms. The van der Waals surface area contributed by atoms with Gasteiger partial charge in [0, 0.05) is 48.2 Å². The second kappa shape index (κ2) is 12.1. The van der Waals surface area contributed by atoms with E-state index < -0.39 is 0 Å². The predicted octanol–water partition coefficient (Wildman–Crippen LogP) is 13.8. The molecule has 0 radical (unpaired) electrons. The van der Waals surface area contributed by atoms with Crippen molar-refractivity contribution < 1.29 is 4.42 Å². The van der Waals surface area contributed by atoms with E-state index in [1.54, 1.807) is 0 Å². The number of thiophene rings is 1. The van der Waals surface area contributed by atoms with Crippen molar-refractivity contribution in [1.82, 2.24) is 4.98 Å². The van der Waals surface area contributed by atoms with Crippen LogP contribution in [0.4, 0.5) is 17.1 Å². The molecule has 0 aliphatic heterocycles. The molecule has 0 bridgehead atoms. The number of nitrogens with zero attached hydrogens (tertiary/aromatic N) is 2. The van der Waals surface area contributed by atoms with Crippen molar-refractivity contribution in [2.75, 3.05) is 4.90 Å². The van der Waals surface area contributed by atoms with Crippen molar-refractivity contribution in [3.8, 4) is 33.7 Å². The van der Waals surface area contributed by atoms with Crippen molar-refractivity contribution in [2.45, 2.75) is 0 Å². The Hall–Kier alpha value is -6.49. The van der Waals surface area contributed by atoms with E-state index in [9.17, 15) is 0 Å². The topological polar surface area (TPSA) is 29.3 Å². The summed E-state index contributed by atoms with van der Waals surface area (Å²) in [7, 11) is 0. The van der Waals surface area contributed by atoms with E-state index in [2.05, 4.69) is 163 Å². The summed E-state index contributed by atoms with van der Waals surface area (Å²) in [6, 6.07) is 64.5. The number of anilines is 3. The van der Waals surface area contributed by atoms with Crippen LogP contribution in [0.15, 0.2) is 186 Å². The normalized spacial score (nSPS) is 11.5. The van der Waals surface area contributed by atoms with Crippen LogP contribution in [-0.2, 0) is 0 Å². The molecule has 10 aromatic rings. The third-order valence-corrected chi connectivity index (χ3v) is 10.9. The summed E-state index contributed by atoms with van der Waals surface area (Å²) in [6.45, 7) is 0. The molecule has 0 aliphatic rings. The SMILES string of the molecule is c1ccc(-c2ccc(N(c3ccccc3)c3ccc(-c4cccc5c4ccc4c5sc5cccc(-c6nc7ccccc7o6)c54)cc3)cc2)cc1. The summed E-state index contributed by atoms with van der Waals surface area (Å²) in [5, 5.41) is 4.91. The van der Waals surface area contributed by atoms with Crippen molar-refractivity contribution in [3.63, 3.8) is 0 Å². The lowest BCUT2D eigenvalue weighted by molar-refractivity contribution is 0.620. The Morgan fingerprint density at radius 1 is 0.431 bits per heavy atom. The number of fused-ring (bicyclic) bond motifs is 6. The van der Waals surface area contributed by atoms with Crippen molar-refractivity contribution >= 4 is 70.4 Å². The minimum Gasteiger partial charge on any atom is -0.436 e. The predicted molar refractivity (Wildman–Crippen MR) is 215 cm³/mol. The molecular formula is C47H30N2OS. The number of aromatic nitrogens is 1. The highest BCUT2D eigenvalue weighted by Gasteiger charge is 2.18. The maximum atomic E-state index is 6.24. The first kappa shape index (κ1) is 29.4. The monoisotopic (exact) mass is 670 g/mol.